The molecule has 148 valence electrons. The largest absolute Gasteiger partial charge is 0.419 e. The molecule has 29 heavy (non-hydrogen) atoms. The summed E-state index contributed by atoms with van der Waals surface area (Å²) in [4.78, 5) is 26.7. The van der Waals surface area contributed by atoms with E-state index in [4.69, 9.17) is 4.42 Å². The molecule has 0 unspecified atom stereocenters. The van der Waals surface area contributed by atoms with Crippen molar-refractivity contribution in [2.24, 2.45) is 7.05 Å². The Bertz CT molecular complexity index is 1230. The fourth-order valence-corrected chi connectivity index (χ4v) is 3.78. The average Bonchev–Trinajstić information content (AvgIpc) is 3.24. The smallest absolute Gasteiger partial charge is 0.408 e. The van der Waals surface area contributed by atoms with Crippen LogP contribution in [0, 0.1) is 10.1 Å². The SMILES string of the molecule is Cn1c(SCCCn2c(=O)oc3ccc([N+](=O)[O-])cc32)nnc1-c1cccnc1. The zero-order chi connectivity index (χ0) is 20.4. The molecular weight excluding hydrogens is 396 g/mol. The molecule has 4 rings (SSSR count). The van der Waals surface area contributed by atoms with Gasteiger partial charge in [0.15, 0.2) is 16.6 Å². The molecule has 0 fully saturated rings. The summed E-state index contributed by atoms with van der Waals surface area (Å²) in [5.74, 6) is 0.889. The Hall–Kier alpha value is -3.47. The molecular formula is C18H16N6O4S. The monoisotopic (exact) mass is 412 g/mol. The molecule has 0 aliphatic rings. The third-order valence-corrected chi connectivity index (χ3v) is 5.48. The number of hydrogen-bond acceptors (Lipinski definition) is 8. The molecule has 4 aromatic rings. The van der Waals surface area contributed by atoms with Gasteiger partial charge in [0.1, 0.15) is 0 Å². The number of nitro benzene ring substituents is 1. The van der Waals surface area contributed by atoms with E-state index in [1.807, 2.05) is 23.7 Å². The predicted molar refractivity (Wildman–Crippen MR) is 107 cm³/mol. The molecule has 0 saturated carbocycles. The van der Waals surface area contributed by atoms with Crippen LogP contribution in [0.25, 0.3) is 22.5 Å². The van der Waals surface area contributed by atoms with Crippen molar-refractivity contribution in [3.8, 4) is 11.4 Å². The van der Waals surface area contributed by atoms with E-state index in [0.29, 0.717) is 29.8 Å². The second kappa shape index (κ2) is 7.87. The molecule has 3 aromatic heterocycles. The van der Waals surface area contributed by atoms with E-state index in [9.17, 15) is 14.9 Å². The number of oxazole rings is 1. The molecule has 0 aliphatic carbocycles. The molecule has 0 atom stereocenters. The summed E-state index contributed by atoms with van der Waals surface area (Å²) in [6.45, 7) is 0.382. The van der Waals surface area contributed by atoms with Crippen molar-refractivity contribution in [3.05, 3.63) is 63.4 Å². The molecule has 0 N–H and O–H groups in total. The average molecular weight is 412 g/mol. The number of fused-ring (bicyclic) bond motifs is 1. The van der Waals surface area contributed by atoms with Crippen molar-refractivity contribution >= 4 is 28.5 Å². The molecule has 0 saturated heterocycles. The first-order chi connectivity index (χ1) is 14.0. The quantitative estimate of drug-likeness (QED) is 0.197. The Labute approximate surface area is 168 Å². The number of benzene rings is 1. The van der Waals surface area contributed by atoms with E-state index in [1.165, 1.54) is 34.5 Å². The lowest BCUT2D eigenvalue weighted by Gasteiger charge is -2.04. The summed E-state index contributed by atoms with van der Waals surface area (Å²) >= 11 is 1.52. The Morgan fingerprint density at radius 2 is 2.14 bits per heavy atom. The molecule has 1 aromatic carbocycles. The van der Waals surface area contributed by atoms with Crippen LogP contribution in [0.2, 0.25) is 0 Å². The third kappa shape index (κ3) is 3.76. The number of nitro groups is 1. The van der Waals surface area contributed by atoms with E-state index < -0.39 is 10.7 Å². The first-order valence-corrected chi connectivity index (χ1v) is 9.73. The molecule has 0 amide bonds. The van der Waals surface area contributed by atoms with Crippen LogP contribution in [0.3, 0.4) is 0 Å². The van der Waals surface area contributed by atoms with Crippen LogP contribution in [0.15, 0.2) is 57.1 Å². The maximum absolute atomic E-state index is 12.1. The van der Waals surface area contributed by atoms with E-state index in [-0.39, 0.29) is 5.69 Å². The van der Waals surface area contributed by atoms with Gasteiger partial charge in [0.05, 0.1) is 10.4 Å². The van der Waals surface area contributed by atoms with Crippen molar-refractivity contribution in [3.63, 3.8) is 0 Å². The first-order valence-electron chi connectivity index (χ1n) is 8.75. The van der Waals surface area contributed by atoms with Crippen molar-refractivity contribution in [1.82, 2.24) is 24.3 Å². The molecule has 0 radical (unpaired) electrons. The van der Waals surface area contributed by atoms with Crippen LogP contribution in [0.1, 0.15) is 6.42 Å². The van der Waals surface area contributed by atoms with Gasteiger partial charge < -0.3 is 8.98 Å². The van der Waals surface area contributed by atoms with Gasteiger partial charge in [-0.3, -0.25) is 19.7 Å². The molecule has 11 heteroatoms. The van der Waals surface area contributed by atoms with Crippen molar-refractivity contribution in [2.75, 3.05) is 5.75 Å². The fourth-order valence-electron chi connectivity index (χ4n) is 2.95. The van der Waals surface area contributed by atoms with Crippen LogP contribution >= 0.6 is 11.8 Å². The van der Waals surface area contributed by atoms with Gasteiger partial charge in [0.2, 0.25) is 0 Å². The highest BCUT2D eigenvalue weighted by Gasteiger charge is 2.15. The van der Waals surface area contributed by atoms with E-state index >= 15 is 0 Å². The highest BCUT2D eigenvalue weighted by atomic mass is 32.2. The summed E-state index contributed by atoms with van der Waals surface area (Å²) in [6, 6.07) is 7.88. The Morgan fingerprint density at radius 1 is 1.28 bits per heavy atom. The van der Waals surface area contributed by atoms with Crippen molar-refractivity contribution in [1.29, 1.82) is 0 Å². The highest BCUT2D eigenvalue weighted by Crippen LogP contribution is 2.23. The molecule has 0 aliphatic heterocycles. The van der Waals surface area contributed by atoms with Gasteiger partial charge in [-0.25, -0.2) is 4.79 Å². The number of hydrogen-bond donors (Lipinski definition) is 0. The maximum atomic E-state index is 12.1. The summed E-state index contributed by atoms with van der Waals surface area (Å²) in [5, 5.41) is 20.2. The van der Waals surface area contributed by atoms with Gasteiger partial charge in [-0.05, 0) is 24.6 Å². The van der Waals surface area contributed by atoms with Crippen LogP contribution in [0.5, 0.6) is 0 Å². The van der Waals surface area contributed by atoms with Crippen molar-refractivity contribution < 1.29 is 9.34 Å². The van der Waals surface area contributed by atoms with Gasteiger partial charge in [-0.2, -0.15) is 0 Å². The van der Waals surface area contributed by atoms with E-state index in [2.05, 4.69) is 15.2 Å². The van der Waals surface area contributed by atoms with Gasteiger partial charge in [-0.15, -0.1) is 10.2 Å². The van der Waals surface area contributed by atoms with Gasteiger partial charge in [0, 0.05) is 49.4 Å². The number of nitrogens with zero attached hydrogens (tertiary/aromatic N) is 6. The lowest BCUT2D eigenvalue weighted by molar-refractivity contribution is -0.384. The lowest BCUT2D eigenvalue weighted by Crippen LogP contribution is -2.14. The van der Waals surface area contributed by atoms with Gasteiger partial charge >= 0.3 is 5.76 Å². The predicted octanol–water partition coefficient (Wildman–Crippen LogP) is 2.88. The molecule has 3 heterocycles. The maximum Gasteiger partial charge on any atom is 0.419 e. The summed E-state index contributed by atoms with van der Waals surface area (Å²) < 4.78 is 8.48. The Kier molecular flexibility index (Phi) is 5.12. The zero-order valence-electron chi connectivity index (χ0n) is 15.4. The minimum Gasteiger partial charge on any atom is -0.408 e. The lowest BCUT2D eigenvalue weighted by atomic mass is 10.3. The molecule has 0 bridgehead atoms. The normalized spacial score (nSPS) is 11.2. The second-order valence-corrected chi connectivity index (χ2v) is 7.30. The standard InChI is InChI=1S/C18H16N6O4S/c1-22-16(12-4-2-7-19-11-12)20-21-17(22)29-9-3-8-23-14-10-13(24(26)27)5-6-15(14)28-18(23)25/h2,4-7,10-11H,3,8-9H2,1H3. The minimum absolute atomic E-state index is 0.0801. The van der Waals surface area contributed by atoms with Crippen LogP contribution in [0.4, 0.5) is 5.69 Å². The van der Waals surface area contributed by atoms with Crippen LogP contribution in [-0.2, 0) is 13.6 Å². The number of non-ortho nitro benzene ring substituents is 1. The highest BCUT2D eigenvalue weighted by molar-refractivity contribution is 7.99. The topological polar surface area (TPSA) is 122 Å². The number of aryl methyl sites for hydroxylation is 1. The minimum atomic E-state index is -0.525. The van der Waals surface area contributed by atoms with Crippen LogP contribution < -0.4 is 5.76 Å². The third-order valence-electron chi connectivity index (χ3n) is 4.37. The van der Waals surface area contributed by atoms with E-state index in [1.54, 1.807) is 12.4 Å². The van der Waals surface area contributed by atoms with Gasteiger partial charge in [0.25, 0.3) is 5.69 Å². The summed E-state index contributed by atoms with van der Waals surface area (Å²) in [5.41, 5.74) is 1.56. The summed E-state index contributed by atoms with van der Waals surface area (Å²) in [7, 11) is 1.89. The number of thioether (sulfide) groups is 1. The number of aromatic nitrogens is 5. The zero-order valence-corrected chi connectivity index (χ0v) is 16.2. The molecule has 10 nitrogen and oxygen atoms in total. The second-order valence-electron chi connectivity index (χ2n) is 6.24. The Morgan fingerprint density at radius 3 is 2.90 bits per heavy atom. The fraction of sp³-hybridized carbons (Fsp3) is 0.222. The van der Waals surface area contributed by atoms with Crippen molar-refractivity contribution in [2.45, 2.75) is 18.1 Å². The Balaban J connectivity index is 1.43. The number of pyridine rings is 1. The summed E-state index contributed by atoms with van der Waals surface area (Å²) in [6.07, 6.45) is 4.08. The molecule has 0 spiro atoms. The first kappa shape index (κ1) is 18.9. The van der Waals surface area contributed by atoms with E-state index in [0.717, 1.165) is 16.5 Å². The van der Waals surface area contributed by atoms with Crippen LogP contribution in [-0.4, -0.2) is 35.0 Å². The van der Waals surface area contributed by atoms with Gasteiger partial charge in [-0.1, -0.05) is 11.8 Å². The number of rotatable bonds is 7.